The van der Waals surface area contributed by atoms with E-state index in [2.05, 4.69) is 99.7 Å². The fourth-order valence-electron chi connectivity index (χ4n) is 15.2. The highest BCUT2D eigenvalue weighted by atomic mass is 33.1. The number of benzene rings is 4. The SMILES string of the molecule is NCCCC[C@H]1NC(=O)[C@H](CCCN=C(N)N)NC(=O)[C@@H](Cc2ccc(O)cc2)NC(=O)[C@H](NC(=O)[C@@H](NC(=O)[C@H](CCCN=C(N)N)NC(=O)[C@@H](N)CCCNC(N)=O)c2ccc3ccccc3c2)CSSC[C@H](C(=O)N[C@@H](CCCN=C(N)N)C(=O)O)NC(=O)[C@H](CCCNC(N)=O)NC(=O)[C@H](CCCN=C(N)N)NC(=O)[C@H](Cc2ccc(O)cc2)NC(=O)[C@H]2CCCN2C(=O)[C@H](CCCNC(N)=O)NC1=O. The first-order chi connectivity index (χ1) is 68.6. The van der Waals surface area contributed by atoms with E-state index in [4.69, 9.17) is 74.5 Å². The number of fused-ring (bicyclic) bond motifs is 2. The first-order valence-corrected chi connectivity index (χ1v) is 49.3. The van der Waals surface area contributed by atoms with E-state index in [0.29, 0.717) is 37.9 Å². The lowest BCUT2D eigenvalue weighted by Gasteiger charge is -2.31. The Kier molecular flexibility index (Phi) is 50.8. The van der Waals surface area contributed by atoms with Crippen LogP contribution in [0, 0.1) is 0 Å². The fraction of sp³-hybridized carbons (Fsp3) is 0.517. The molecule has 2 heterocycles. The summed E-state index contributed by atoms with van der Waals surface area (Å²) in [6.07, 6.45) is -2.62. The third kappa shape index (κ3) is 43.1. The van der Waals surface area contributed by atoms with Crippen LogP contribution in [0.15, 0.2) is 111 Å². The number of phenolic OH excluding ortho intramolecular Hbond substituents is 2. The number of hydrogen-bond acceptors (Lipinski definition) is 27. The number of primary amides is 3. The summed E-state index contributed by atoms with van der Waals surface area (Å²) in [5.74, 6) is -18.3. The summed E-state index contributed by atoms with van der Waals surface area (Å²) in [7, 11) is 1.43. The lowest BCUT2D eigenvalue weighted by Crippen LogP contribution is -2.61. The van der Waals surface area contributed by atoms with Gasteiger partial charge in [0.05, 0.1) is 6.04 Å². The van der Waals surface area contributed by atoms with Crippen LogP contribution in [0.4, 0.5) is 14.4 Å². The van der Waals surface area contributed by atoms with Gasteiger partial charge in [-0.05, 0) is 186 Å². The maximum atomic E-state index is 16.0. The summed E-state index contributed by atoms with van der Waals surface area (Å²) in [5.41, 5.74) is 74.5. The standard InChI is InChI=1S/C89H137N33O20S2/c90-34-4-3-16-56-72(128)115-61(21-10-41-109-89(102)142)81(137)122-42-12-23-67(122)79(135)118-64(44-49-26-32-54(124)33-27-49)76(132)114-58(18-7-36-104-84(94)95)71(127)112-59(20-9-40-108-88(101)141)73(129)119-65(77(133)116-62(82(138)139)22-11-38-106-86(98)99)46-143-144-47-66(78(134)117-63(43-48-24-30-53(123)31-25-48)75(131)113-57(70(126)111-56)17-6-35-103-83(92)93)120-80(136)68(52-29-28-50-13-1-2-14-51(50)45-52)121-74(130)60(19-8-37-105-85(96)97)110-69(125)55(91)15-5-39-107-87(100)140/h1-2,13-14,24-33,45,55-68,123-124H,3-12,15-23,34-44,46-47,90-91H2,(H,110,125)(H,111,126)(H,112,127)(H,113,131)(H,114,132)(H,115,128)(H,116,133)(H,117,134)(H,118,135)(H,119,129)(H,120,136)(H,121,130)(H,138,139)(H4,92,93,103)(H4,94,95,104)(H4,96,97,105)(H4,98,99,106)(H3,100,107,140)(H3,101,108,141)(H3,102,109,142)/t55-,56+,57-,58-,59-,60-,61-,62-,63+,64-,65+,66+,67+,68-/m0/s1. The Morgan fingerprint density at radius 3 is 1.33 bits per heavy atom. The number of guanidine groups is 4. The van der Waals surface area contributed by atoms with Gasteiger partial charge >= 0.3 is 24.1 Å². The molecule has 0 aromatic heterocycles. The van der Waals surface area contributed by atoms with Crippen LogP contribution < -0.4 is 154 Å². The van der Waals surface area contributed by atoms with Gasteiger partial charge in [0.25, 0.3) is 0 Å². The Labute approximate surface area is 837 Å². The van der Waals surface area contributed by atoms with Crippen molar-refractivity contribution in [2.45, 2.75) is 219 Å². The molecular formula is C89H137N33O20S2. The first kappa shape index (κ1) is 118. The normalized spacial score (nSPS) is 20.1. The number of amides is 19. The number of nitrogens with one attached hydrogen (secondary N) is 15. The second-order valence-corrected chi connectivity index (χ2v) is 36.6. The van der Waals surface area contributed by atoms with E-state index in [9.17, 15) is 39.3 Å². The first-order valence-electron chi connectivity index (χ1n) is 46.8. The number of phenols is 2. The Morgan fingerprint density at radius 2 is 0.847 bits per heavy atom. The number of urea groups is 3. The van der Waals surface area contributed by atoms with Crippen LogP contribution in [0.1, 0.15) is 145 Å². The minimum atomic E-state index is -1.95. The summed E-state index contributed by atoms with van der Waals surface area (Å²) in [6.45, 7) is -0.916. The third-order valence-electron chi connectivity index (χ3n) is 22.7. The lowest BCUT2D eigenvalue weighted by atomic mass is 10.00. The molecule has 790 valence electrons. The molecule has 0 saturated carbocycles. The van der Waals surface area contributed by atoms with Crippen LogP contribution in [-0.4, -0.2) is 294 Å². The zero-order chi connectivity index (χ0) is 106. The smallest absolute Gasteiger partial charge is 0.326 e. The number of aliphatic carboxylic acids is 1. The summed E-state index contributed by atoms with van der Waals surface area (Å²) in [4.78, 5) is 265. The van der Waals surface area contributed by atoms with Crippen molar-refractivity contribution in [2.75, 3.05) is 70.4 Å². The van der Waals surface area contributed by atoms with Gasteiger partial charge in [-0.25, -0.2) is 19.2 Å². The molecule has 0 unspecified atom stereocenters. The van der Waals surface area contributed by atoms with Crippen molar-refractivity contribution in [3.8, 4) is 11.5 Å². The quantitative estimate of drug-likeness (QED) is 0.00846. The second-order valence-electron chi connectivity index (χ2n) is 34.0. The van der Waals surface area contributed by atoms with Gasteiger partial charge in [0.2, 0.25) is 76.8 Å². The van der Waals surface area contributed by atoms with Gasteiger partial charge < -0.3 is 175 Å². The molecule has 2 aliphatic heterocycles. The topological polar surface area (TPSA) is 922 Å². The average molecular weight is 2050 g/mol. The summed E-state index contributed by atoms with van der Waals surface area (Å²) >= 11 is 0. The van der Waals surface area contributed by atoms with Crippen LogP contribution in [0.5, 0.6) is 11.5 Å². The number of aliphatic imine (C=N–C) groups is 4. The molecule has 2 saturated heterocycles. The zero-order valence-corrected chi connectivity index (χ0v) is 81.3. The molecule has 53 nitrogen and oxygen atoms in total. The summed E-state index contributed by atoms with van der Waals surface area (Å²) < 4.78 is 0. The fourth-order valence-corrected chi connectivity index (χ4v) is 17.6. The minimum Gasteiger partial charge on any atom is -0.508 e. The number of aromatic hydroxyl groups is 2. The van der Waals surface area contributed by atoms with E-state index in [0.717, 1.165) is 4.90 Å². The van der Waals surface area contributed by atoms with Gasteiger partial charge in [-0.1, -0.05) is 82.3 Å². The van der Waals surface area contributed by atoms with Gasteiger partial charge in [-0.2, -0.15) is 0 Å². The molecule has 4 aromatic rings. The maximum absolute atomic E-state index is 16.0. The highest BCUT2D eigenvalue weighted by molar-refractivity contribution is 8.76. The average Bonchev–Trinajstić information content (AvgIpc) is 1.61. The largest absolute Gasteiger partial charge is 0.508 e. The Morgan fingerprint density at radius 1 is 0.424 bits per heavy atom. The molecule has 44 N–H and O–H groups in total. The predicted molar refractivity (Wildman–Crippen MR) is 538 cm³/mol. The van der Waals surface area contributed by atoms with Gasteiger partial charge in [-0.15, -0.1) is 0 Å². The highest BCUT2D eigenvalue weighted by Crippen LogP contribution is 2.28. The molecule has 2 fully saturated rings. The molecule has 2 aliphatic rings. The highest BCUT2D eigenvalue weighted by Gasteiger charge is 2.43. The number of carboxylic acids is 1. The van der Waals surface area contributed by atoms with Gasteiger partial charge in [0, 0.05) is 76.7 Å². The Bertz CT molecular complexity index is 5130. The van der Waals surface area contributed by atoms with Gasteiger partial charge in [0.1, 0.15) is 90.0 Å². The number of rotatable bonds is 46. The number of unbranched alkanes of at least 4 members (excludes halogenated alkanes) is 1. The van der Waals surface area contributed by atoms with E-state index < -0.39 is 210 Å². The molecule has 144 heavy (non-hydrogen) atoms. The van der Waals surface area contributed by atoms with Crippen molar-refractivity contribution in [1.82, 2.24) is 84.7 Å². The Balaban J connectivity index is 1.63. The molecule has 0 radical (unpaired) electrons. The monoisotopic (exact) mass is 2050 g/mol. The number of nitrogens with two attached hydrogens (primary N) is 13. The van der Waals surface area contributed by atoms with Crippen molar-refractivity contribution < 1.29 is 96.8 Å². The molecule has 0 spiro atoms. The molecule has 55 heteroatoms. The molecular weight excluding hydrogens is 1920 g/mol. The number of nitrogens with zero attached hydrogens (tertiary/aromatic N) is 5. The van der Waals surface area contributed by atoms with Crippen molar-refractivity contribution in [1.29, 1.82) is 0 Å². The maximum Gasteiger partial charge on any atom is 0.326 e. The van der Waals surface area contributed by atoms with Crippen LogP contribution >= 0.6 is 21.6 Å². The van der Waals surface area contributed by atoms with E-state index in [1.807, 2.05) is 0 Å². The molecule has 0 aliphatic carbocycles. The van der Waals surface area contributed by atoms with Crippen LogP contribution in [0.2, 0.25) is 0 Å². The number of hydrogen-bond donors (Lipinski definition) is 31. The van der Waals surface area contributed by atoms with Gasteiger partial charge in [0.15, 0.2) is 23.8 Å². The van der Waals surface area contributed by atoms with Crippen molar-refractivity contribution in [3.63, 3.8) is 0 Å². The van der Waals surface area contributed by atoms with E-state index in [-0.39, 0.29) is 227 Å². The van der Waals surface area contributed by atoms with E-state index in [1.165, 1.54) is 54.6 Å². The molecule has 0 bridgehead atoms. The summed E-state index contributed by atoms with van der Waals surface area (Å²) in [5, 5.41) is 72.0. The Hall–Kier alpha value is -15.2. The second kappa shape index (κ2) is 62.2. The van der Waals surface area contributed by atoms with Crippen LogP contribution in [0.3, 0.4) is 0 Å². The zero-order valence-electron chi connectivity index (χ0n) is 79.7. The predicted octanol–water partition coefficient (Wildman–Crippen LogP) is -7.29. The molecule has 6 rings (SSSR count). The molecule has 14 atom stereocenters. The number of carbonyl (C=O) groups is 17. The van der Waals surface area contributed by atoms with Crippen molar-refractivity contribution in [3.05, 3.63) is 108 Å². The van der Waals surface area contributed by atoms with Crippen LogP contribution in [-0.2, 0) is 80.0 Å². The van der Waals surface area contributed by atoms with E-state index >= 15 is 57.5 Å². The molecule has 19 amide bonds. The number of carbonyl (C=O) groups excluding carboxylic acids is 16. The van der Waals surface area contributed by atoms with Gasteiger partial charge in [-0.3, -0.25) is 82.3 Å². The lowest BCUT2D eigenvalue weighted by molar-refractivity contribution is -0.142. The van der Waals surface area contributed by atoms with E-state index in [1.54, 1.807) is 36.4 Å². The third-order valence-corrected chi connectivity index (χ3v) is 25.1. The minimum absolute atomic E-state index is 0.0246. The molecule has 4 aromatic carbocycles. The van der Waals surface area contributed by atoms with Crippen molar-refractivity contribution in [2.24, 2.45) is 94.5 Å². The number of carboxylic acid groups (broad SMARTS) is 1. The summed E-state index contributed by atoms with van der Waals surface area (Å²) in [6, 6.07) is -3.99. The van der Waals surface area contributed by atoms with Crippen LogP contribution in [0.25, 0.3) is 10.8 Å². The van der Waals surface area contributed by atoms with Crippen molar-refractivity contribution >= 4 is 157 Å².